The molecule has 0 aromatic heterocycles. The summed E-state index contributed by atoms with van der Waals surface area (Å²) >= 11 is 0. The Morgan fingerprint density at radius 2 is 2.00 bits per heavy atom. The summed E-state index contributed by atoms with van der Waals surface area (Å²) in [5.74, 6) is -0.700. The second-order valence-corrected chi connectivity index (χ2v) is 3.76. The molecular formula is C9H19NO4. The van der Waals surface area contributed by atoms with Crippen LogP contribution in [0.3, 0.4) is 0 Å². The lowest BCUT2D eigenvalue weighted by molar-refractivity contribution is -0.139. The third-order valence-electron chi connectivity index (χ3n) is 1.93. The van der Waals surface area contributed by atoms with E-state index in [1.807, 2.05) is 13.8 Å². The highest BCUT2D eigenvalue weighted by Gasteiger charge is 2.21. The molecule has 0 saturated heterocycles. The van der Waals surface area contributed by atoms with Gasteiger partial charge in [-0.2, -0.15) is 0 Å². The minimum atomic E-state index is -1.04. The van der Waals surface area contributed by atoms with Crippen molar-refractivity contribution in [1.82, 2.24) is 5.32 Å². The van der Waals surface area contributed by atoms with E-state index >= 15 is 0 Å². The number of carboxylic acid groups (broad SMARTS) is 1. The van der Waals surface area contributed by atoms with Crippen LogP contribution >= 0.6 is 0 Å². The zero-order chi connectivity index (χ0) is 11.1. The Morgan fingerprint density at radius 1 is 1.43 bits per heavy atom. The molecule has 0 aromatic rings. The summed E-state index contributed by atoms with van der Waals surface area (Å²) < 4.78 is 0. The Morgan fingerprint density at radius 3 is 2.36 bits per heavy atom. The number of nitrogens with one attached hydrogen (secondary N) is 1. The highest BCUT2D eigenvalue weighted by atomic mass is 16.4. The number of rotatable bonds is 7. The molecule has 5 nitrogen and oxygen atoms in total. The van der Waals surface area contributed by atoms with E-state index in [1.54, 1.807) is 0 Å². The molecule has 0 fully saturated rings. The van der Waals surface area contributed by atoms with Gasteiger partial charge in [-0.1, -0.05) is 13.8 Å². The van der Waals surface area contributed by atoms with Gasteiger partial charge in [-0.25, -0.2) is 0 Å². The van der Waals surface area contributed by atoms with Crippen molar-refractivity contribution in [3.05, 3.63) is 0 Å². The normalized spacial score (nSPS) is 15.5. The van der Waals surface area contributed by atoms with Crippen molar-refractivity contribution in [3.63, 3.8) is 0 Å². The van der Waals surface area contributed by atoms with Gasteiger partial charge in [0.2, 0.25) is 0 Å². The van der Waals surface area contributed by atoms with Crippen LogP contribution < -0.4 is 5.32 Å². The van der Waals surface area contributed by atoms with Crippen molar-refractivity contribution in [2.45, 2.75) is 38.8 Å². The maximum atomic E-state index is 10.4. The fourth-order valence-corrected chi connectivity index (χ4v) is 1.32. The van der Waals surface area contributed by atoms with Gasteiger partial charge in [-0.15, -0.1) is 0 Å². The monoisotopic (exact) mass is 205 g/mol. The van der Waals surface area contributed by atoms with Crippen molar-refractivity contribution >= 4 is 5.97 Å². The molecule has 0 aliphatic rings. The lowest BCUT2D eigenvalue weighted by Gasteiger charge is -2.23. The second-order valence-electron chi connectivity index (χ2n) is 3.76. The van der Waals surface area contributed by atoms with Gasteiger partial charge in [-0.3, -0.25) is 10.1 Å². The Bertz CT molecular complexity index is 172. The lowest BCUT2D eigenvalue weighted by Crippen LogP contribution is -2.42. The molecule has 0 aliphatic heterocycles. The molecule has 5 heteroatoms. The number of hydrogen-bond donors (Lipinski definition) is 4. The third kappa shape index (κ3) is 5.90. The Hall–Kier alpha value is -0.650. The van der Waals surface area contributed by atoms with Crippen LogP contribution in [0.5, 0.6) is 0 Å². The number of hydrogen-bond acceptors (Lipinski definition) is 4. The third-order valence-corrected chi connectivity index (χ3v) is 1.93. The molecule has 0 amide bonds. The van der Waals surface area contributed by atoms with Gasteiger partial charge >= 0.3 is 5.97 Å². The van der Waals surface area contributed by atoms with Crippen LogP contribution in [0, 0.1) is 5.92 Å². The van der Waals surface area contributed by atoms with E-state index in [0.717, 1.165) is 0 Å². The molecule has 0 aromatic carbocycles. The van der Waals surface area contributed by atoms with E-state index in [0.29, 0.717) is 12.3 Å². The first-order valence-electron chi connectivity index (χ1n) is 4.71. The van der Waals surface area contributed by atoms with E-state index < -0.39 is 12.1 Å². The topological polar surface area (TPSA) is 89.8 Å². The lowest BCUT2D eigenvalue weighted by atomic mass is 9.97. The zero-order valence-electron chi connectivity index (χ0n) is 8.60. The summed E-state index contributed by atoms with van der Waals surface area (Å²) in [6.45, 7) is 3.69. The minimum Gasteiger partial charge on any atom is -0.481 e. The van der Waals surface area contributed by atoms with Gasteiger partial charge in [0.05, 0.1) is 19.3 Å². The van der Waals surface area contributed by atoms with Crippen molar-refractivity contribution < 1.29 is 20.1 Å². The summed E-state index contributed by atoms with van der Waals surface area (Å²) in [6.07, 6.45) is -0.624. The van der Waals surface area contributed by atoms with Crippen LogP contribution in [-0.2, 0) is 4.79 Å². The van der Waals surface area contributed by atoms with Crippen LogP contribution in [0.15, 0.2) is 0 Å². The van der Waals surface area contributed by atoms with Crippen molar-refractivity contribution in [1.29, 1.82) is 0 Å². The standard InChI is InChI=1S/C9H19NO4/c1-6(2)3-7(10-5-11)8(12)4-9(13)14/h6-8,10-12H,3-5H2,1-2H3,(H,13,14)/t7-,8-/m0/s1. The molecule has 4 N–H and O–H groups in total. The maximum absolute atomic E-state index is 10.4. The summed E-state index contributed by atoms with van der Waals surface area (Å²) in [6, 6.07) is -0.365. The molecule has 0 rings (SSSR count). The molecule has 0 saturated carbocycles. The van der Waals surface area contributed by atoms with E-state index in [9.17, 15) is 9.90 Å². The molecule has 0 radical (unpaired) electrons. The SMILES string of the molecule is CC(C)C[C@H](NCO)[C@@H](O)CC(=O)O. The minimum absolute atomic E-state index is 0.256. The van der Waals surface area contributed by atoms with Gasteiger partial charge < -0.3 is 15.3 Å². The van der Waals surface area contributed by atoms with Crippen LogP contribution in [0.1, 0.15) is 26.7 Å². The summed E-state index contributed by atoms with van der Waals surface area (Å²) in [7, 11) is 0. The van der Waals surface area contributed by atoms with Crippen LogP contribution in [0.4, 0.5) is 0 Å². The molecule has 2 atom stereocenters. The zero-order valence-corrected chi connectivity index (χ0v) is 8.60. The number of aliphatic carboxylic acids is 1. The first-order chi connectivity index (χ1) is 6.47. The predicted molar refractivity (Wildman–Crippen MR) is 51.7 cm³/mol. The average molecular weight is 205 g/mol. The first kappa shape index (κ1) is 13.4. The van der Waals surface area contributed by atoms with Crippen LogP contribution in [0.25, 0.3) is 0 Å². The van der Waals surface area contributed by atoms with Gasteiger partial charge in [0.15, 0.2) is 0 Å². The van der Waals surface area contributed by atoms with Crippen LogP contribution in [-0.4, -0.2) is 40.2 Å². The Balaban J connectivity index is 4.09. The van der Waals surface area contributed by atoms with Crippen LogP contribution in [0.2, 0.25) is 0 Å². The quantitative estimate of drug-likeness (QED) is 0.431. The molecule has 14 heavy (non-hydrogen) atoms. The van der Waals surface area contributed by atoms with Gasteiger partial charge in [-0.05, 0) is 12.3 Å². The van der Waals surface area contributed by atoms with Crippen molar-refractivity contribution in [3.8, 4) is 0 Å². The van der Waals surface area contributed by atoms with Crippen molar-refractivity contribution in [2.75, 3.05) is 6.73 Å². The summed E-state index contributed by atoms with van der Waals surface area (Å²) in [4.78, 5) is 10.4. The largest absolute Gasteiger partial charge is 0.481 e. The van der Waals surface area contributed by atoms with E-state index in [1.165, 1.54) is 0 Å². The van der Waals surface area contributed by atoms with Gasteiger partial charge in [0.25, 0.3) is 0 Å². The van der Waals surface area contributed by atoms with Gasteiger partial charge in [0, 0.05) is 6.04 Å². The maximum Gasteiger partial charge on any atom is 0.306 e. The molecule has 0 bridgehead atoms. The molecular weight excluding hydrogens is 186 g/mol. The molecule has 0 unspecified atom stereocenters. The number of aliphatic hydroxyl groups is 2. The number of aliphatic hydroxyl groups excluding tert-OH is 2. The van der Waals surface area contributed by atoms with E-state index in [-0.39, 0.29) is 19.2 Å². The Kier molecular flexibility index (Phi) is 6.44. The summed E-state index contributed by atoms with van der Waals surface area (Å²) in [5.41, 5.74) is 0. The predicted octanol–water partition coefficient (Wildman–Crippen LogP) is -0.224. The Labute approximate surface area is 83.8 Å². The highest BCUT2D eigenvalue weighted by molar-refractivity contribution is 5.67. The fraction of sp³-hybridized carbons (Fsp3) is 0.889. The van der Waals surface area contributed by atoms with Crippen molar-refractivity contribution in [2.24, 2.45) is 5.92 Å². The van der Waals surface area contributed by atoms with E-state index in [4.69, 9.17) is 10.2 Å². The smallest absolute Gasteiger partial charge is 0.306 e. The summed E-state index contributed by atoms with van der Waals surface area (Å²) in [5, 5.41) is 29.3. The highest BCUT2D eigenvalue weighted by Crippen LogP contribution is 2.10. The molecule has 0 aliphatic carbocycles. The molecule has 0 spiro atoms. The molecule has 0 heterocycles. The van der Waals surface area contributed by atoms with Gasteiger partial charge in [0.1, 0.15) is 0 Å². The fourth-order valence-electron chi connectivity index (χ4n) is 1.32. The number of carbonyl (C=O) groups is 1. The number of carboxylic acids is 1. The second kappa shape index (κ2) is 6.75. The average Bonchev–Trinajstić information content (AvgIpc) is 2.01. The first-order valence-corrected chi connectivity index (χ1v) is 4.71. The van der Waals surface area contributed by atoms with E-state index in [2.05, 4.69) is 5.32 Å². The molecule has 84 valence electrons.